The average Bonchev–Trinajstić information content (AvgIpc) is 3.05. The van der Waals surface area contributed by atoms with E-state index in [1.54, 1.807) is 18.2 Å². The van der Waals surface area contributed by atoms with Crippen molar-refractivity contribution in [2.75, 3.05) is 0 Å². The number of nitrogens with one attached hydrogen (secondary N) is 1. The number of aryl methyl sites for hydroxylation is 1. The molecule has 21 heavy (non-hydrogen) atoms. The van der Waals surface area contributed by atoms with Crippen molar-refractivity contribution < 1.29 is 19.1 Å². The summed E-state index contributed by atoms with van der Waals surface area (Å²) >= 11 is 0. The zero-order valence-corrected chi connectivity index (χ0v) is 11.7. The van der Waals surface area contributed by atoms with E-state index in [1.165, 1.54) is 0 Å². The number of carbonyl (C=O) groups excluding carboxylic acids is 1. The van der Waals surface area contributed by atoms with Crippen LogP contribution in [-0.2, 0) is 4.79 Å². The van der Waals surface area contributed by atoms with E-state index in [1.807, 2.05) is 6.92 Å². The third-order valence-electron chi connectivity index (χ3n) is 3.96. The molecule has 6 heteroatoms. The Kier molecular flexibility index (Phi) is 3.16. The van der Waals surface area contributed by atoms with E-state index in [0.717, 1.165) is 18.5 Å². The Morgan fingerprint density at radius 3 is 2.71 bits per heavy atom. The van der Waals surface area contributed by atoms with Gasteiger partial charge < -0.3 is 14.8 Å². The van der Waals surface area contributed by atoms with Gasteiger partial charge in [0.1, 0.15) is 11.1 Å². The summed E-state index contributed by atoms with van der Waals surface area (Å²) in [4.78, 5) is 28.0. The molecule has 1 amide bonds. The maximum absolute atomic E-state index is 12.3. The first kappa shape index (κ1) is 13.6. The Morgan fingerprint density at radius 1 is 1.33 bits per heavy atom. The second-order valence-electron chi connectivity index (χ2n) is 5.50. The van der Waals surface area contributed by atoms with Crippen LogP contribution in [0, 0.1) is 6.92 Å². The highest BCUT2D eigenvalue weighted by Gasteiger charge is 2.43. The molecule has 1 aliphatic rings. The lowest BCUT2D eigenvalue weighted by molar-refractivity contribution is -0.144. The molecule has 1 fully saturated rings. The number of aromatic nitrogens is 1. The van der Waals surface area contributed by atoms with Crippen molar-refractivity contribution in [1.82, 2.24) is 10.3 Å². The summed E-state index contributed by atoms with van der Waals surface area (Å²) in [5.74, 6) is -1.40. The lowest BCUT2D eigenvalue weighted by Gasteiger charge is -2.24. The molecule has 2 aromatic rings. The van der Waals surface area contributed by atoms with Gasteiger partial charge in [-0.3, -0.25) is 4.79 Å². The van der Waals surface area contributed by atoms with E-state index < -0.39 is 17.4 Å². The van der Waals surface area contributed by atoms with Crippen molar-refractivity contribution in [2.45, 2.75) is 38.1 Å². The van der Waals surface area contributed by atoms with E-state index in [0.29, 0.717) is 23.9 Å². The van der Waals surface area contributed by atoms with Crippen LogP contribution < -0.4 is 5.32 Å². The van der Waals surface area contributed by atoms with Crippen LogP contribution >= 0.6 is 0 Å². The summed E-state index contributed by atoms with van der Waals surface area (Å²) in [6, 6.07) is 5.09. The normalized spacial score (nSPS) is 17.0. The number of carbonyl (C=O) groups is 2. The molecule has 1 saturated carbocycles. The molecular weight excluding hydrogens is 272 g/mol. The van der Waals surface area contributed by atoms with Crippen LogP contribution in [-0.4, -0.2) is 27.5 Å². The number of carboxylic acids is 1. The van der Waals surface area contributed by atoms with Gasteiger partial charge in [-0.1, -0.05) is 12.8 Å². The first-order valence-corrected chi connectivity index (χ1v) is 6.93. The topological polar surface area (TPSA) is 92.4 Å². The van der Waals surface area contributed by atoms with Crippen molar-refractivity contribution in [1.29, 1.82) is 0 Å². The maximum atomic E-state index is 12.3. The molecule has 3 rings (SSSR count). The van der Waals surface area contributed by atoms with Crippen LogP contribution in [0.15, 0.2) is 22.6 Å². The predicted octanol–water partition coefficient (Wildman–Crippen LogP) is 2.26. The van der Waals surface area contributed by atoms with Crippen LogP contribution in [0.1, 0.15) is 41.9 Å². The number of furan rings is 1. The van der Waals surface area contributed by atoms with Crippen molar-refractivity contribution >= 4 is 23.0 Å². The minimum absolute atomic E-state index is 0.0932. The summed E-state index contributed by atoms with van der Waals surface area (Å²) < 4.78 is 5.45. The standard InChI is InChI=1S/C15H16N2O4/c1-9-4-5-11-10(16-9)8-12(21-11)13(18)17-15(14(19)20)6-2-3-7-15/h4-5,8H,2-3,6-7H2,1H3,(H,17,18)(H,19,20). The zero-order chi connectivity index (χ0) is 15.0. The Bertz CT molecular complexity index is 714. The summed E-state index contributed by atoms with van der Waals surface area (Å²) in [6.45, 7) is 1.85. The Labute approximate surface area is 121 Å². The van der Waals surface area contributed by atoms with Gasteiger partial charge in [-0.15, -0.1) is 0 Å². The van der Waals surface area contributed by atoms with Crippen LogP contribution in [0.25, 0.3) is 11.1 Å². The quantitative estimate of drug-likeness (QED) is 0.903. The molecule has 0 aliphatic heterocycles. The number of hydrogen-bond acceptors (Lipinski definition) is 4. The van der Waals surface area contributed by atoms with Gasteiger partial charge in [-0.25, -0.2) is 9.78 Å². The van der Waals surface area contributed by atoms with Gasteiger partial charge in [0.05, 0.1) is 0 Å². The second kappa shape index (κ2) is 4.87. The number of amides is 1. The number of aliphatic carboxylic acids is 1. The Balaban J connectivity index is 1.88. The smallest absolute Gasteiger partial charge is 0.329 e. The van der Waals surface area contributed by atoms with Gasteiger partial charge in [0.25, 0.3) is 5.91 Å². The maximum Gasteiger partial charge on any atom is 0.329 e. The summed E-state index contributed by atoms with van der Waals surface area (Å²) in [5.41, 5.74) is 0.768. The number of nitrogens with zero attached hydrogens (tertiary/aromatic N) is 1. The molecular formula is C15H16N2O4. The van der Waals surface area contributed by atoms with E-state index in [9.17, 15) is 14.7 Å². The summed E-state index contributed by atoms with van der Waals surface area (Å²) in [6.07, 6.45) is 2.50. The number of pyridine rings is 1. The van der Waals surface area contributed by atoms with E-state index in [4.69, 9.17) is 4.42 Å². The molecule has 110 valence electrons. The van der Waals surface area contributed by atoms with Gasteiger partial charge in [0.2, 0.25) is 0 Å². The first-order valence-electron chi connectivity index (χ1n) is 6.93. The fourth-order valence-corrected chi connectivity index (χ4v) is 2.79. The van der Waals surface area contributed by atoms with E-state index >= 15 is 0 Å². The third-order valence-corrected chi connectivity index (χ3v) is 3.96. The third kappa shape index (κ3) is 2.37. The summed E-state index contributed by atoms with van der Waals surface area (Å²) in [5, 5.41) is 12.0. The first-order chi connectivity index (χ1) is 10.00. The molecule has 0 saturated heterocycles. The zero-order valence-electron chi connectivity index (χ0n) is 11.7. The highest BCUT2D eigenvalue weighted by molar-refractivity contribution is 5.98. The van der Waals surface area contributed by atoms with E-state index in [-0.39, 0.29) is 5.76 Å². The van der Waals surface area contributed by atoms with Gasteiger partial charge in [0.15, 0.2) is 11.3 Å². The monoisotopic (exact) mass is 288 g/mol. The molecule has 0 bridgehead atoms. The largest absolute Gasteiger partial charge is 0.480 e. The van der Waals surface area contributed by atoms with E-state index in [2.05, 4.69) is 10.3 Å². The number of hydrogen-bond donors (Lipinski definition) is 2. The highest BCUT2D eigenvalue weighted by Crippen LogP contribution is 2.30. The Morgan fingerprint density at radius 2 is 2.05 bits per heavy atom. The molecule has 0 atom stereocenters. The molecule has 0 spiro atoms. The van der Waals surface area contributed by atoms with Gasteiger partial charge in [0, 0.05) is 11.8 Å². The number of rotatable bonds is 3. The molecule has 0 radical (unpaired) electrons. The SMILES string of the molecule is Cc1ccc2oc(C(=O)NC3(C(=O)O)CCCC3)cc2n1. The fourth-order valence-electron chi connectivity index (χ4n) is 2.79. The predicted molar refractivity (Wildman–Crippen MR) is 75.0 cm³/mol. The van der Waals surface area contributed by atoms with Gasteiger partial charge >= 0.3 is 5.97 Å². The lowest BCUT2D eigenvalue weighted by atomic mass is 9.98. The molecule has 6 nitrogen and oxygen atoms in total. The lowest BCUT2D eigenvalue weighted by Crippen LogP contribution is -2.52. The second-order valence-corrected chi connectivity index (χ2v) is 5.50. The number of carboxylic acid groups (broad SMARTS) is 1. The van der Waals surface area contributed by atoms with Crippen molar-refractivity contribution in [3.63, 3.8) is 0 Å². The van der Waals surface area contributed by atoms with Crippen LogP contribution in [0.2, 0.25) is 0 Å². The molecule has 2 aromatic heterocycles. The Hall–Kier alpha value is -2.37. The van der Waals surface area contributed by atoms with Gasteiger partial charge in [-0.2, -0.15) is 0 Å². The minimum Gasteiger partial charge on any atom is -0.480 e. The minimum atomic E-state index is -1.17. The van der Waals surface area contributed by atoms with Crippen LogP contribution in [0.4, 0.5) is 0 Å². The molecule has 1 aliphatic carbocycles. The molecule has 2 N–H and O–H groups in total. The summed E-state index contributed by atoms with van der Waals surface area (Å²) in [7, 11) is 0. The van der Waals surface area contributed by atoms with Crippen LogP contribution in [0.5, 0.6) is 0 Å². The van der Waals surface area contributed by atoms with Gasteiger partial charge in [-0.05, 0) is 31.9 Å². The number of fused-ring (bicyclic) bond motifs is 1. The molecule has 0 aromatic carbocycles. The molecule has 2 heterocycles. The van der Waals surface area contributed by atoms with Crippen molar-refractivity contribution in [2.24, 2.45) is 0 Å². The molecule has 0 unspecified atom stereocenters. The fraction of sp³-hybridized carbons (Fsp3) is 0.400. The van der Waals surface area contributed by atoms with Crippen molar-refractivity contribution in [3.05, 3.63) is 29.7 Å². The van der Waals surface area contributed by atoms with Crippen molar-refractivity contribution in [3.8, 4) is 0 Å². The average molecular weight is 288 g/mol. The van der Waals surface area contributed by atoms with Crippen LogP contribution in [0.3, 0.4) is 0 Å². The highest BCUT2D eigenvalue weighted by atomic mass is 16.4.